The van der Waals surface area contributed by atoms with E-state index in [9.17, 15) is 10.5 Å². The van der Waals surface area contributed by atoms with Crippen LogP contribution in [0.5, 0.6) is 0 Å². The molecule has 0 saturated carbocycles. The minimum absolute atomic E-state index is 0.359. The molecule has 4 nitrogen and oxygen atoms in total. The zero-order valence-electron chi connectivity index (χ0n) is 26.3. The van der Waals surface area contributed by atoms with Crippen LogP contribution in [0.1, 0.15) is 11.1 Å². The molecule has 0 saturated heterocycles. The van der Waals surface area contributed by atoms with Crippen molar-refractivity contribution in [3.8, 4) is 23.5 Å². The van der Waals surface area contributed by atoms with Crippen LogP contribution in [-0.2, 0) is 0 Å². The molecule has 7 aromatic carbocycles. The zero-order valence-corrected chi connectivity index (χ0v) is 27.9. The highest BCUT2D eigenvalue weighted by molar-refractivity contribution is 7.26. The third kappa shape index (κ3) is 3.46. The highest BCUT2D eigenvalue weighted by Gasteiger charge is 2.25. The van der Waals surface area contributed by atoms with E-state index in [0.29, 0.717) is 22.5 Å². The first-order valence-electron chi connectivity index (χ1n) is 16.4. The van der Waals surface area contributed by atoms with Crippen LogP contribution in [0.4, 0.5) is 0 Å². The Hall–Kier alpha value is -6.44. The van der Waals surface area contributed by atoms with Crippen molar-refractivity contribution in [1.82, 2.24) is 9.13 Å². The molecule has 230 valence electrons. The Balaban J connectivity index is 1.30. The Morgan fingerprint density at radius 2 is 0.780 bits per heavy atom. The summed E-state index contributed by atoms with van der Waals surface area (Å²) in [7, 11) is 0. The van der Waals surface area contributed by atoms with Crippen LogP contribution >= 0.6 is 22.7 Å². The molecular formula is C44H22N4S2. The van der Waals surface area contributed by atoms with Gasteiger partial charge in [-0.3, -0.25) is 0 Å². The van der Waals surface area contributed by atoms with Gasteiger partial charge < -0.3 is 9.13 Å². The maximum Gasteiger partial charge on any atom is 0.103 e. The van der Waals surface area contributed by atoms with E-state index in [2.05, 4.69) is 130 Å². The van der Waals surface area contributed by atoms with Crippen LogP contribution in [-0.4, -0.2) is 9.13 Å². The molecule has 6 heteroatoms. The van der Waals surface area contributed by atoms with E-state index in [1.54, 1.807) is 22.7 Å². The van der Waals surface area contributed by atoms with Crippen molar-refractivity contribution in [3.63, 3.8) is 0 Å². The molecule has 50 heavy (non-hydrogen) atoms. The maximum atomic E-state index is 11.0. The van der Waals surface area contributed by atoms with Crippen molar-refractivity contribution < 1.29 is 0 Å². The second-order valence-electron chi connectivity index (χ2n) is 12.6. The molecule has 11 rings (SSSR count). The van der Waals surface area contributed by atoms with Crippen LogP contribution < -0.4 is 0 Å². The SMILES string of the molecule is N#Cc1c(-n2c3ccccc3c3ccc4sc5ccccc5c4c32)ccc(-n2c3ccccc3c3ccc4sc5ccccc5c4c32)c1C#N. The van der Waals surface area contributed by atoms with Gasteiger partial charge in [-0.25, -0.2) is 0 Å². The van der Waals surface area contributed by atoms with Crippen LogP contribution in [0.2, 0.25) is 0 Å². The van der Waals surface area contributed by atoms with Crippen molar-refractivity contribution >= 4 is 107 Å². The van der Waals surface area contributed by atoms with E-state index in [1.165, 1.54) is 40.3 Å². The van der Waals surface area contributed by atoms with Gasteiger partial charge in [-0.2, -0.15) is 10.5 Å². The number of nitriles is 2. The fourth-order valence-electron chi connectivity index (χ4n) is 8.21. The van der Waals surface area contributed by atoms with Gasteiger partial charge in [0.25, 0.3) is 0 Å². The zero-order chi connectivity index (χ0) is 33.1. The van der Waals surface area contributed by atoms with E-state index >= 15 is 0 Å². The summed E-state index contributed by atoms with van der Waals surface area (Å²) in [5.74, 6) is 0. The van der Waals surface area contributed by atoms with E-state index in [1.807, 2.05) is 24.3 Å². The Bertz CT molecular complexity index is 3130. The fourth-order valence-corrected chi connectivity index (χ4v) is 10.4. The molecule has 0 N–H and O–H groups in total. The molecule has 0 spiro atoms. The van der Waals surface area contributed by atoms with Crippen LogP contribution in [0.25, 0.3) is 95.3 Å². The second kappa shape index (κ2) is 10.0. The van der Waals surface area contributed by atoms with Crippen molar-refractivity contribution in [2.75, 3.05) is 0 Å². The topological polar surface area (TPSA) is 57.4 Å². The number of para-hydroxylation sites is 2. The molecule has 0 radical (unpaired) electrons. The van der Waals surface area contributed by atoms with Gasteiger partial charge in [0.1, 0.15) is 12.1 Å². The highest BCUT2D eigenvalue weighted by atomic mass is 32.1. The average Bonchev–Trinajstić information content (AvgIpc) is 3.91. The molecule has 0 bridgehead atoms. The summed E-state index contributed by atoms with van der Waals surface area (Å²) in [5, 5.41) is 31.2. The Morgan fingerprint density at radius 3 is 1.22 bits per heavy atom. The van der Waals surface area contributed by atoms with Crippen LogP contribution in [0, 0.1) is 22.7 Å². The van der Waals surface area contributed by atoms with E-state index in [4.69, 9.17) is 0 Å². The van der Waals surface area contributed by atoms with E-state index in [0.717, 1.165) is 43.6 Å². The standard InChI is InChI=1S/C44H22N4S2/c45-23-31-32(24-46)36(48-34-14-6-2-10-26(34)28-18-22-40-42(44(28)48)30-12-4-8-16-38(30)50-40)20-19-35(31)47-33-13-5-1-9-25(33)27-17-21-39-41(43(27)47)29-11-3-7-15-37(29)49-39/h1-22H. The lowest BCUT2D eigenvalue weighted by atomic mass is 10.0. The number of hydrogen-bond donors (Lipinski definition) is 0. The molecule has 0 aliphatic rings. The molecule has 4 aromatic heterocycles. The molecule has 0 unspecified atom stereocenters. The summed E-state index contributed by atoms with van der Waals surface area (Å²) >= 11 is 3.56. The van der Waals surface area contributed by atoms with Crippen molar-refractivity contribution in [3.05, 3.63) is 145 Å². The first-order chi connectivity index (χ1) is 24.7. The first kappa shape index (κ1) is 27.5. The molecular weight excluding hydrogens is 649 g/mol. The fraction of sp³-hybridized carbons (Fsp3) is 0. The van der Waals surface area contributed by atoms with Crippen LogP contribution in [0.3, 0.4) is 0 Å². The van der Waals surface area contributed by atoms with Gasteiger partial charge in [0.05, 0.1) is 44.6 Å². The van der Waals surface area contributed by atoms with Gasteiger partial charge in [0, 0.05) is 61.9 Å². The van der Waals surface area contributed by atoms with Gasteiger partial charge in [0.2, 0.25) is 0 Å². The molecule has 0 atom stereocenters. The maximum absolute atomic E-state index is 11.0. The number of nitrogens with zero attached hydrogens (tertiary/aromatic N) is 4. The summed E-state index contributed by atoms with van der Waals surface area (Å²) in [6.45, 7) is 0. The largest absolute Gasteiger partial charge is 0.307 e. The number of rotatable bonds is 2. The molecule has 0 aliphatic heterocycles. The minimum Gasteiger partial charge on any atom is -0.307 e. The Kier molecular flexibility index (Phi) is 5.52. The summed E-state index contributed by atoms with van der Waals surface area (Å²) in [4.78, 5) is 0. The van der Waals surface area contributed by atoms with Gasteiger partial charge in [-0.15, -0.1) is 22.7 Å². The number of benzene rings is 7. The average molecular weight is 671 g/mol. The summed E-state index contributed by atoms with van der Waals surface area (Å²) < 4.78 is 9.25. The van der Waals surface area contributed by atoms with Gasteiger partial charge >= 0.3 is 0 Å². The van der Waals surface area contributed by atoms with E-state index < -0.39 is 0 Å². The van der Waals surface area contributed by atoms with Gasteiger partial charge in [-0.1, -0.05) is 84.9 Å². The molecule has 11 aromatic rings. The second-order valence-corrected chi connectivity index (χ2v) is 14.8. The smallest absolute Gasteiger partial charge is 0.103 e. The number of fused-ring (bicyclic) bond motifs is 14. The summed E-state index contributed by atoms with van der Waals surface area (Å²) in [6.07, 6.45) is 0. The Morgan fingerprint density at radius 1 is 0.380 bits per heavy atom. The third-order valence-electron chi connectivity index (χ3n) is 10.2. The van der Waals surface area contributed by atoms with Gasteiger partial charge in [-0.05, 0) is 48.5 Å². The molecule has 0 fully saturated rings. The summed E-state index contributed by atoms with van der Waals surface area (Å²) in [6, 6.07) is 51.7. The Labute approximate surface area is 293 Å². The molecule has 4 heterocycles. The lowest BCUT2D eigenvalue weighted by Crippen LogP contribution is -2.05. The predicted molar refractivity (Wildman–Crippen MR) is 210 cm³/mol. The lowest BCUT2D eigenvalue weighted by Gasteiger charge is -2.16. The monoisotopic (exact) mass is 670 g/mol. The van der Waals surface area contributed by atoms with Crippen LogP contribution in [0.15, 0.2) is 133 Å². The molecule has 0 amide bonds. The third-order valence-corrected chi connectivity index (χ3v) is 12.5. The number of hydrogen-bond acceptors (Lipinski definition) is 4. The van der Waals surface area contributed by atoms with Gasteiger partial charge in [0.15, 0.2) is 0 Å². The van der Waals surface area contributed by atoms with Crippen molar-refractivity contribution in [2.24, 2.45) is 0 Å². The number of aromatic nitrogens is 2. The van der Waals surface area contributed by atoms with E-state index in [-0.39, 0.29) is 0 Å². The number of thiophene rings is 2. The quantitative estimate of drug-likeness (QED) is 0.184. The summed E-state index contributed by atoms with van der Waals surface area (Å²) in [5.41, 5.74) is 6.23. The van der Waals surface area contributed by atoms with Crippen molar-refractivity contribution in [1.29, 1.82) is 10.5 Å². The highest BCUT2D eigenvalue weighted by Crippen LogP contribution is 2.46. The lowest BCUT2D eigenvalue weighted by molar-refractivity contribution is 1.13. The molecule has 0 aliphatic carbocycles. The minimum atomic E-state index is 0.359. The predicted octanol–water partition coefficient (Wildman–Crippen LogP) is 12.4. The van der Waals surface area contributed by atoms with Crippen molar-refractivity contribution in [2.45, 2.75) is 0 Å². The first-order valence-corrected chi connectivity index (χ1v) is 18.0. The normalized spacial score (nSPS) is 12.0.